The highest BCUT2D eigenvalue weighted by atomic mass is 35.5. The number of benzene rings is 2. The second-order valence-electron chi connectivity index (χ2n) is 4.15. The van der Waals surface area contributed by atoms with Crippen molar-refractivity contribution in [1.29, 1.82) is 0 Å². The van der Waals surface area contributed by atoms with Gasteiger partial charge >= 0.3 is 0 Å². The molecule has 0 fully saturated rings. The summed E-state index contributed by atoms with van der Waals surface area (Å²) in [7, 11) is 0. The molecule has 2 aromatic rings. The van der Waals surface area contributed by atoms with Crippen molar-refractivity contribution in [2.75, 3.05) is 0 Å². The Hall–Kier alpha value is -1.31. The van der Waals surface area contributed by atoms with E-state index in [2.05, 4.69) is 0 Å². The average Bonchev–Trinajstić information content (AvgIpc) is 2.32. The number of rotatable bonds is 3. The molecule has 0 radical (unpaired) electrons. The van der Waals surface area contributed by atoms with Gasteiger partial charge in [-0.2, -0.15) is 0 Å². The summed E-state index contributed by atoms with van der Waals surface area (Å²) < 4.78 is 0. The third kappa shape index (κ3) is 2.92. The molecule has 3 heteroatoms. The predicted molar refractivity (Wildman–Crippen MR) is 75.7 cm³/mol. The molecular formula is C15H12Cl2O. The van der Waals surface area contributed by atoms with Crippen LogP contribution in [0.25, 0.3) is 0 Å². The Morgan fingerprint density at radius 3 is 2.50 bits per heavy atom. The van der Waals surface area contributed by atoms with E-state index >= 15 is 0 Å². The lowest BCUT2D eigenvalue weighted by Crippen LogP contribution is -2.05. The minimum Gasteiger partial charge on any atom is -0.294 e. The molecule has 0 N–H and O–H groups in total. The fourth-order valence-corrected chi connectivity index (χ4v) is 2.31. The summed E-state index contributed by atoms with van der Waals surface area (Å²) in [4.78, 5) is 12.2. The maximum atomic E-state index is 12.2. The summed E-state index contributed by atoms with van der Waals surface area (Å²) in [5.74, 6) is 0.00552. The van der Waals surface area contributed by atoms with Crippen molar-refractivity contribution in [3.63, 3.8) is 0 Å². The first-order chi connectivity index (χ1) is 8.58. The van der Waals surface area contributed by atoms with Crippen LogP contribution in [0.4, 0.5) is 0 Å². The minimum absolute atomic E-state index is 0.00552. The van der Waals surface area contributed by atoms with Crippen LogP contribution in [-0.4, -0.2) is 5.78 Å². The van der Waals surface area contributed by atoms with Crippen molar-refractivity contribution < 1.29 is 4.79 Å². The maximum absolute atomic E-state index is 12.2. The molecule has 0 spiro atoms. The monoisotopic (exact) mass is 278 g/mol. The van der Waals surface area contributed by atoms with Crippen molar-refractivity contribution in [3.05, 3.63) is 69.2 Å². The summed E-state index contributed by atoms with van der Waals surface area (Å²) in [6.45, 7) is 1.99. The van der Waals surface area contributed by atoms with Crippen molar-refractivity contribution in [3.8, 4) is 0 Å². The van der Waals surface area contributed by atoms with E-state index in [-0.39, 0.29) is 5.78 Å². The molecule has 0 atom stereocenters. The van der Waals surface area contributed by atoms with E-state index in [0.717, 1.165) is 11.1 Å². The largest absolute Gasteiger partial charge is 0.294 e. The fraction of sp³-hybridized carbons (Fsp3) is 0.133. The summed E-state index contributed by atoms with van der Waals surface area (Å²) in [6.07, 6.45) is 0.355. The number of halogens is 2. The zero-order valence-corrected chi connectivity index (χ0v) is 11.4. The zero-order chi connectivity index (χ0) is 13.1. The van der Waals surface area contributed by atoms with Gasteiger partial charge in [-0.05, 0) is 36.2 Å². The van der Waals surface area contributed by atoms with Crippen LogP contribution < -0.4 is 0 Å². The first-order valence-corrected chi connectivity index (χ1v) is 6.36. The number of ketones is 1. The highest BCUT2D eigenvalue weighted by Crippen LogP contribution is 2.22. The molecule has 18 heavy (non-hydrogen) atoms. The van der Waals surface area contributed by atoms with Crippen LogP contribution in [0.15, 0.2) is 42.5 Å². The molecule has 0 heterocycles. The standard InChI is InChI=1S/C15H12Cl2O/c1-10-4-2-3-5-11(10)8-15(18)13-7-6-12(16)9-14(13)17/h2-7,9H,8H2,1H3. The normalized spacial score (nSPS) is 10.4. The molecule has 1 nitrogen and oxygen atoms in total. The highest BCUT2D eigenvalue weighted by Gasteiger charge is 2.12. The molecule has 0 amide bonds. The lowest BCUT2D eigenvalue weighted by Gasteiger charge is -2.06. The number of aryl methyl sites for hydroxylation is 1. The van der Waals surface area contributed by atoms with Gasteiger partial charge in [0.05, 0.1) is 5.02 Å². The van der Waals surface area contributed by atoms with E-state index in [1.54, 1.807) is 18.2 Å². The molecule has 0 saturated carbocycles. The fourth-order valence-electron chi connectivity index (χ4n) is 1.79. The van der Waals surface area contributed by atoms with Gasteiger partial charge < -0.3 is 0 Å². The predicted octanol–water partition coefficient (Wildman–Crippen LogP) is 4.73. The van der Waals surface area contributed by atoms with Crippen molar-refractivity contribution in [2.45, 2.75) is 13.3 Å². The Labute approximate surface area is 116 Å². The van der Waals surface area contributed by atoms with Crippen LogP contribution in [0, 0.1) is 6.92 Å². The molecule has 0 aliphatic heterocycles. The first-order valence-electron chi connectivity index (χ1n) is 5.60. The van der Waals surface area contributed by atoms with Crippen LogP contribution in [-0.2, 0) is 6.42 Å². The summed E-state index contributed by atoms with van der Waals surface area (Å²) in [5.41, 5.74) is 2.65. The zero-order valence-electron chi connectivity index (χ0n) is 9.91. The van der Waals surface area contributed by atoms with Gasteiger partial charge in [-0.15, -0.1) is 0 Å². The smallest absolute Gasteiger partial charge is 0.168 e. The molecule has 0 saturated heterocycles. The van der Waals surface area contributed by atoms with Gasteiger partial charge in [-0.25, -0.2) is 0 Å². The van der Waals surface area contributed by atoms with Gasteiger partial charge in [-0.1, -0.05) is 47.5 Å². The van der Waals surface area contributed by atoms with E-state index in [0.29, 0.717) is 22.0 Å². The van der Waals surface area contributed by atoms with Crippen LogP contribution in [0.1, 0.15) is 21.5 Å². The maximum Gasteiger partial charge on any atom is 0.168 e. The summed E-state index contributed by atoms with van der Waals surface area (Å²) in [5, 5.41) is 0.938. The molecule has 2 aromatic carbocycles. The van der Waals surface area contributed by atoms with E-state index in [1.165, 1.54) is 0 Å². The molecule has 0 aliphatic rings. The van der Waals surface area contributed by atoms with Crippen molar-refractivity contribution in [2.24, 2.45) is 0 Å². The summed E-state index contributed by atoms with van der Waals surface area (Å²) in [6, 6.07) is 12.8. The van der Waals surface area contributed by atoms with E-state index in [9.17, 15) is 4.79 Å². The lowest BCUT2D eigenvalue weighted by atomic mass is 9.99. The molecule has 0 bridgehead atoms. The molecule has 92 valence electrons. The van der Waals surface area contributed by atoms with Crippen LogP contribution in [0.5, 0.6) is 0 Å². The third-order valence-corrected chi connectivity index (χ3v) is 3.39. The average molecular weight is 279 g/mol. The Morgan fingerprint density at radius 2 is 1.83 bits per heavy atom. The molecule has 0 aromatic heterocycles. The van der Waals surface area contributed by atoms with Gasteiger partial charge in [0.15, 0.2) is 5.78 Å². The quantitative estimate of drug-likeness (QED) is 0.742. The number of carbonyl (C=O) groups is 1. The SMILES string of the molecule is Cc1ccccc1CC(=O)c1ccc(Cl)cc1Cl. The number of hydrogen-bond donors (Lipinski definition) is 0. The van der Waals surface area contributed by atoms with E-state index < -0.39 is 0 Å². The third-order valence-electron chi connectivity index (χ3n) is 2.84. The number of carbonyl (C=O) groups excluding carboxylic acids is 1. The topological polar surface area (TPSA) is 17.1 Å². The van der Waals surface area contributed by atoms with Gasteiger partial charge in [0.25, 0.3) is 0 Å². The van der Waals surface area contributed by atoms with E-state index in [4.69, 9.17) is 23.2 Å². The van der Waals surface area contributed by atoms with Crippen molar-refractivity contribution in [1.82, 2.24) is 0 Å². The van der Waals surface area contributed by atoms with E-state index in [1.807, 2.05) is 31.2 Å². The van der Waals surface area contributed by atoms with Gasteiger partial charge in [0, 0.05) is 17.0 Å². The first kappa shape index (κ1) is 13.1. The number of hydrogen-bond acceptors (Lipinski definition) is 1. The molecule has 2 rings (SSSR count). The highest BCUT2D eigenvalue weighted by molar-refractivity contribution is 6.36. The Bertz CT molecular complexity index is 591. The van der Waals surface area contributed by atoms with Crippen molar-refractivity contribution >= 4 is 29.0 Å². The second kappa shape index (κ2) is 5.55. The van der Waals surface area contributed by atoms with Crippen LogP contribution in [0.2, 0.25) is 10.0 Å². The minimum atomic E-state index is 0.00552. The lowest BCUT2D eigenvalue weighted by molar-refractivity contribution is 0.0993. The Kier molecular flexibility index (Phi) is 4.05. The second-order valence-corrected chi connectivity index (χ2v) is 4.99. The van der Waals surface area contributed by atoms with Gasteiger partial charge in [0.1, 0.15) is 0 Å². The van der Waals surface area contributed by atoms with Crippen LogP contribution >= 0.6 is 23.2 Å². The van der Waals surface area contributed by atoms with Gasteiger partial charge in [-0.3, -0.25) is 4.79 Å². The number of Topliss-reactive ketones (excluding diaryl/α,β-unsaturated/α-hetero) is 1. The molecule has 0 aliphatic carbocycles. The summed E-state index contributed by atoms with van der Waals surface area (Å²) >= 11 is 11.8. The Morgan fingerprint density at radius 1 is 1.11 bits per heavy atom. The van der Waals surface area contributed by atoms with Crippen LogP contribution in [0.3, 0.4) is 0 Å². The Balaban J connectivity index is 2.25. The molecular weight excluding hydrogens is 267 g/mol. The molecule has 0 unspecified atom stereocenters. The van der Waals surface area contributed by atoms with Gasteiger partial charge in [0.2, 0.25) is 0 Å².